The minimum absolute atomic E-state index is 1.10. The minimum Gasteiger partial charge on any atom is -0.310 e. The van der Waals surface area contributed by atoms with Gasteiger partial charge in [-0.3, -0.25) is 0 Å². The van der Waals surface area contributed by atoms with Crippen molar-refractivity contribution in [1.29, 1.82) is 0 Å². The van der Waals surface area contributed by atoms with Gasteiger partial charge in [-0.15, -0.1) is 0 Å². The molecule has 0 spiro atoms. The maximum atomic E-state index is 2.32. The fourth-order valence-electron chi connectivity index (χ4n) is 10.2. The Labute approximate surface area is 434 Å². The molecule has 12 rings (SSSR count). The fourth-order valence-corrected chi connectivity index (χ4v) is 10.2. The van der Waals surface area contributed by atoms with Crippen LogP contribution < -0.4 is 9.80 Å². The van der Waals surface area contributed by atoms with Crippen LogP contribution in [0.25, 0.3) is 79.2 Å². The van der Waals surface area contributed by atoms with E-state index in [2.05, 4.69) is 325 Å². The zero-order chi connectivity index (χ0) is 49.5. The number of hydrogen-bond acceptors (Lipinski definition) is 2. The summed E-state index contributed by atoms with van der Waals surface area (Å²) in [5.41, 5.74) is 18.5. The highest BCUT2D eigenvalue weighted by Crippen LogP contribution is 2.40. The highest BCUT2D eigenvalue weighted by molar-refractivity contribution is 6.09. The number of benzene rings is 12. The van der Waals surface area contributed by atoms with Crippen LogP contribution in [0.2, 0.25) is 0 Å². The first kappa shape index (κ1) is 45.4. The molecule has 0 saturated heterocycles. The van der Waals surface area contributed by atoms with Gasteiger partial charge >= 0.3 is 0 Å². The van der Waals surface area contributed by atoms with Crippen LogP contribution in [0.3, 0.4) is 0 Å². The Morgan fingerprint density at radius 2 is 0.514 bits per heavy atom. The average molecular weight is 945 g/mol. The van der Waals surface area contributed by atoms with Crippen LogP contribution >= 0.6 is 0 Å². The minimum atomic E-state index is 1.10. The van der Waals surface area contributed by atoms with E-state index in [-0.39, 0.29) is 0 Å². The van der Waals surface area contributed by atoms with Gasteiger partial charge in [0, 0.05) is 34.1 Å². The van der Waals surface area contributed by atoms with Crippen LogP contribution in [0.5, 0.6) is 0 Å². The standard InChI is InChI=1S/C72H52N2/c1-5-19-55(20-6-1)59-23-17-29-65(51-59)73(61-25-9-3-10-26-61)63-45-37-53(38-46-63)35-41-57-43-49-71(69-33-15-13-31-67(57)69)72-50-44-58(68-32-14-16-34-70(68)72)42-36-54-39-47-64(48-40-54)74(62-27-11-4-12-28-62)66-30-18-24-60(52-66)56-21-7-2-8-22-56/h1-52H/b41-35+,42-36+. The molecule has 12 aromatic carbocycles. The van der Waals surface area contributed by atoms with Gasteiger partial charge in [0.1, 0.15) is 0 Å². The third kappa shape index (κ3) is 9.56. The number of anilines is 6. The molecule has 0 atom stereocenters. The summed E-state index contributed by atoms with van der Waals surface area (Å²) in [5, 5.41) is 4.90. The Kier molecular flexibility index (Phi) is 12.8. The van der Waals surface area contributed by atoms with Gasteiger partial charge in [-0.25, -0.2) is 0 Å². The van der Waals surface area contributed by atoms with E-state index in [1.807, 2.05) is 0 Å². The van der Waals surface area contributed by atoms with Crippen LogP contribution in [0, 0.1) is 0 Å². The predicted octanol–water partition coefficient (Wildman–Crippen LogP) is 20.3. The van der Waals surface area contributed by atoms with Gasteiger partial charge in [-0.2, -0.15) is 0 Å². The smallest absolute Gasteiger partial charge is 0.0467 e. The highest BCUT2D eigenvalue weighted by Gasteiger charge is 2.16. The Hall–Kier alpha value is -9.76. The summed E-state index contributed by atoms with van der Waals surface area (Å²) in [4.78, 5) is 4.65. The molecule has 0 bridgehead atoms. The quantitative estimate of drug-likeness (QED) is 0.106. The summed E-state index contributed by atoms with van der Waals surface area (Å²) in [6.45, 7) is 0. The van der Waals surface area contributed by atoms with E-state index in [1.54, 1.807) is 0 Å². The van der Waals surface area contributed by atoms with Gasteiger partial charge in [-0.05, 0) is 150 Å². The SMILES string of the molecule is C(=C\c1ccc(-c2ccc(/C=C/c3ccc(N(c4ccccc4)c4cccc(-c5ccccc5)c4)cc3)c3ccccc23)c2ccccc12)/c1ccc(N(c2ccccc2)c2cccc(-c3ccccc3)c2)cc1. The van der Waals surface area contributed by atoms with Crippen LogP contribution in [0.1, 0.15) is 22.3 Å². The van der Waals surface area contributed by atoms with E-state index in [1.165, 1.54) is 66.1 Å². The highest BCUT2D eigenvalue weighted by atomic mass is 15.1. The van der Waals surface area contributed by atoms with E-state index >= 15 is 0 Å². The second kappa shape index (κ2) is 20.9. The van der Waals surface area contributed by atoms with Gasteiger partial charge in [-0.1, -0.05) is 243 Å². The third-order valence-corrected chi connectivity index (χ3v) is 13.9. The van der Waals surface area contributed by atoms with Crippen molar-refractivity contribution in [1.82, 2.24) is 0 Å². The summed E-state index contributed by atoms with van der Waals surface area (Å²) in [7, 11) is 0. The van der Waals surface area contributed by atoms with Crippen molar-refractivity contribution in [2.24, 2.45) is 0 Å². The fraction of sp³-hybridized carbons (Fsp3) is 0. The monoisotopic (exact) mass is 944 g/mol. The molecule has 0 aliphatic carbocycles. The van der Waals surface area contributed by atoms with Crippen LogP contribution in [0.15, 0.2) is 291 Å². The third-order valence-electron chi connectivity index (χ3n) is 13.9. The number of nitrogens with zero attached hydrogens (tertiary/aromatic N) is 2. The molecule has 0 amide bonds. The molecule has 12 aromatic rings. The van der Waals surface area contributed by atoms with Crippen LogP contribution in [-0.2, 0) is 0 Å². The van der Waals surface area contributed by atoms with Crippen molar-refractivity contribution < 1.29 is 0 Å². The lowest BCUT2D eigenvalue weighted by Crippen LogP contribution is -2.09. The van der Waals surface area contributed by atoms with Crippen molar-refractivity contribution in [2.75, 3.05) is 9.80 Å². The Morgan fingerprint density at radius 1 is 0.203 bits per heavy atom. The van der Waals surface area contributed by atoms with Crippen molar-refractivity contribution in [2.45, 2.75) is 0 Å². The molecular formula is C72H52N2. The molecule has 0 fully saturated rings. The van der Waals surface area contributed by atoms with Crippen LogP contribution in [0.4, 0.5) is 34.1 Å². The maximum absolute atomic E-state index is 2.32. The second-order valence-electron chi connectivity index (χ2n) is 18.5. The van der Waals surface area contributed by atoms with Crippen molar-refractivity contribution >= 4 is 80.0 Å². The molecule has 2 heteroatoms. The van der Waals surface area contributed by atoms with Crippen molar-refractivity contribution in [3.8, 4) is 33.4 Å². The van der Waals surface area contributed by atoms with E-state index in [9.17, 15) is 0 Å². The Bertz CT molecular complexity index is 3660. The summed E-state index contributed by atoms with van der Waals surface area (Å²) >= 11 is 0. The molecule has 0 aliphatic rings. The number of rotatable bonds is 13. The Morgan fingerprint density at radius 3 is 0.905 bits per heavy atom. The van der Waals surface area contributed by atoms with Gasteiger partial charge in [0.05, 0.1) is 0 Å². The second-order valence-corrected chi connectivity index (χ2v) is 18.5. The molecule has 0 aliphatic heterocycles. The van der Waals surface area contributed by atoms with E-state index in [0.717, 1.165) is 45.3 Å². The molecule has 0 radical (unpaired) electrons. The Balaban J connectivity index is 0.806. The van der Waals surface area contributed by atoms with E-state index in [4.69, 9.17) is 0 Å². The lowest BCUT2D eigenvalue weighted by atomic mass is 9.90. The largest absolute Gasteiger partial charge is 0.310 e. The predicted molar refractivity (Wildman–Crippen MR) is 318 cm³/mol. The molecule has 0 heterocycles. The summed E-state index contributed by atoms with van der Waals surface area (Å²) in [6, 6.07) is 104. The maximum Gasteiger partial charge on any atom is 0.0467 e. The van der Waals surface area contributed by atoms with E-state index < -0.39 is 0 Å². The molecular weight excluding hydrogens is 893 g/mol. The van der Waals surface area contributed by atoms with E-state index in [0.29, 0.717) is 0 Å². The van der Waals surface area contributed by atoms with Gasteiger partial charge in [0.15, 0.2) is 0 Å². The first-order chi connectivity index (χ1) is 36.7. The summed E-state index contributed by atoms with van der Waals surface area (Å²) < 4.78 is 0. The van der Waals surface area contributed by atoms with Gasteiger partial charge in [0.2, 0.25) is 0 Å². The summed E-state index contributed by atoms with van der Waals surface area (Å²) in [6.07, 6.45) is 8.95. The number of hydrogen-bond donors (Lipinski definition) is 0. The molecule has 0 saturated carbocycles. The number of para-hydroxylation sites is 2. The first-order valence-corrected chi connectivity index (χ1v) is 25.3. The number of fused-ring (bicyclic) bond motifs is 2. The first-order valence-electron chi connectivity index (χ1n) is 25.3. The molecule has 2 nitrogen and oxygen atoms in total. The molecule has 74 heavy (non-hydrogen) atoms. The summed E-state index contributed by atoms with van der Waals surface area (Å²) in [5.74, 6) is 0. The zero-order valence-electron chi connectivity index (χ0n) is 40.9. The molecule has 350 valence electrons. The molecule has 0 unspecified atom stereocenters. The lowest BCUT2D eigenvalue weighted by molar-refractivity contribution is 1.28. The lowest BCUT2D eigenvalue weighted by Gasteiger charge is -2.26. The molecule has 0 aromatic heterocycles. The topological polar surface area (TPSA) is 6.48 Å². The van der Waals surface area contributed by atoms with Crippen molar-refractivity contribution in [3.63, 3.8) is 0 Å². The van der Waals surface area contributed by atoms with Gasteiger partial charge < -0.3 is 9.80 Å². The van der Waals surface area contributed by atoms with Crippen molar-refractivity contribution in [3.05, 3.63) is 313 Å². The van der Waals surface area contributed by atoms with Gasteiger partial charge in [0.25, 0.3) is 0 Å². The van der Waals surface area contributed by atoms with Crippen LogP contribution in [-0.4, -0.2) is 0 Å². The zero-order valence-corrected chi connectivity index (χ0v) is 40.9. The average Bonchev–Trinajstić information content (AvgIpc) is 3.48. The normalized spacial score (nSPS) is 11.4. The molecule has 0 N–H and O–H groups in total.